The molecule has 1 saturated heterocycles. The second-order valence-electron chi connectivity index (χ2n) is 4.29. The van der Waals surface area contributed by atoms with E-state index in [0.717, 1.165) is 24.8 Å². The monoisotopic (exact) mass is 227 g/mol. The molecule has 0 N–H and O–H groups in total. The summed E-state index contributed by atoms with van der Waals surface area (Å²) < 4.78 is 0. The van der Waals surface area contributed by atoms with Gasteiger partial charge in [-0.1, -0.05) is 13.0 Å². The van der Waals surface area contributed by atoms with Gasteiger partial charge in [-0.15, -0.1) is 11.6 Å². The normalized spacial score (nSPS) is 29.8. The van der Waals surface area contributed by atoms with Crippen LogP contribution in [0.4, 0.5) is 0 Å². The Labute approximate surface area is 94.1 Å². The first-order valence-corrected chi connectivity index (χ1v) is 5.76. The molecule has 2 aliphatic rings. The quantitative estimate of drug-likeness (QED) is 0.417. The van der Waals surface area contributed by atoms with E-state index in [2.05, 4.69) is 6.58 Å². The lowest BCUT2D eigenvalue weighted by Gasteiger charge is -2.15. The predicted molar refractivity (Wildman–Crippen MR) is 57.4 cm³/mol. The van der Waals surface area contributed by atoms with Gasteiger partial charge >= 0.3 is 0 Å². The first-order valence-electron chi connectivity index (χ1n) is 5.23. The molecular weight excluding hydrogens is 214 g/mol. The average molecular weight is 228 g/mol. The van der Waals surface area contributed by atoms with Gasteiger partial charge in [-0.3, -0.25) is 14.5 Å². The van der Waals surface area contributed by atoms with E-state index in [4.69, 9.17) is 11.6 Å². The van der Waals surface area contributed by atoms with Crippen LogP contribution in [-0.4, -0.2) is 29.1 Å². The second-order valence-corrected chi connectivity index (χ2v) is 4.56. The molecule has 1 aliphatic carbocycles. The van der Waals surface area contributed by atoms with Crippen LogP contribution in [-0.2, 0) is 9.59 Å². The minimum Gasteiger partial charge on any atom is -0.278 e. The maximum absolute atomic E-state index is 11.9. The van der Waals surface area contributed by atoms with Crippen LogP contribution in [0.5, 0.6) is 0 Å². The number of fused-ring (bicyclic) bond motifs is 1. The van der Waals surface area contributed by atoms with Crippen LogP contribution in [0.2, 0.25) is 0 Å². The van der Waals surface area contributed by atoms with Crippen LogP contribution in [0.1, 0.15) is 19.3 Å². The third kappa shape index (κ3) is 1.69. The van der Waals surface area contributed by atoms with Gasteiger partial charge < -0.3 is 0 Å². The number of alkyl halides is 1. The zero-order valence-corrected chi connectivity index (χ0v) is 9.29. The van der Waals surface area contributed by atoms with Crippen molar-refractivity contribution in [2.75, 3.05) is 12.4 Å². The van der Waals surface area contributed by atoms with Gasteiger partial charge in [0.05, 0.1) is 18.4 Å². The van der Waals surface area contributed by atoms with Crippen molar-refractivity contribution in [2.45, 2.75) is 19.3 Å². The second kappa shape index (κ2) is 3.97. The average Bonchev–Trinajstić information content (AvgIpc) is 2.78. The third-order valence-electron chi connectivity index (χ3n) is 3.25. The molecule has 1 saturated carbocycles. The number of carbonyl (C=O) groups excluding carboxylic acids is 2. The highest BCUT2D eigenvalue weighted by Crippen LogP contribution is 2.39. The molecule has 0 aromatic rings. The summed E-state index contributed by atoms with van der Waals surface area (Å²) in [5.41, 5.74) is 0.721. The summed E-state index contributed by atoms with van der Waals surface area (Å²) in [6, 6.07) is 0. The van der Waals surface area contributed by atoms with E-state index in [-0.39, 0.29) is 23.7 Å². The van der Waals surface area contributed by atoms with Gasteiger partial charge in [-0.2, -0.15) is 0 Å². The molecule has 2 rings (SSSR count). The third-order valence-corrected chi connectivity index (χ3v) is 3.63. The topological polar surface area (TPSA) is 37.4 Å². The number of halogens is 1. The van der Waals surface area contributed by atoms with Crippen LogP contribution in [0.15, 0.2) is 12.2 Å². The van der Waals surface area contributed by atoms with E-state index in [1.807, 2.05) is 0 Å². The number of amides is 2. The summed E-state index contributed by atoms with van der Waals surface area (Å²) in [5.74, 6) is 0.149. The molecule has 2 atom stereocenters. The molecule has 0 aromatic heterocycles. The van der Waals surface area contributed by atoms with Crippen molar-refractivity contribution < 1.29 is 9.59 Å². The lowest BCUT2D eigenvalue weighted by atomic mass is 10.00. The van der Waals surface area contributed by atoms with Gasteiger partial charge in [-0.25, -0.2) is 0 Å². The fourth-order valence-corrected chi connectivity index (χ4v) is 2.57. The number of rotatable bonds is 3. The van der Waals surface area contributed by atoms with Crippen molar-refractivity contribution >= 4 is 23.4 Å². The molecule has 2 fully saturated rings. The maximum atomic E-state index is 11.9. The Morgan fingerprint density at radius 1 is 1.33 bits per heavy atom. The van der Waals surface area contributed by atoms with Gasteiger partial charge in [0.2, 0.25) is 11.8 Å². The lowest BCUT2D eigenvalue weighted by molar-refractivity contribution is -0.139. The highest BCUT2D eigenvalue weighted by Gasteiger charge is 2.49. The van der Waals surface area contributed by atoms with Gasteiger partial charge in [0.15, 0.2) is 0 Å². The molecule has 0 radical (unpaired) electrons. The molecule has 1 heterocycles. The molecule has 0 spiro atoms. The predicted octanol–water partition coefficient (Wildman–Crippen LogP) is 1.57. The largest absolute Gasteiger partial charge is 0.278 e. The van der Waals surface area contributed by atoms with Crippen molar-refractivity contribution in [1.82, 2.24) is 4.90 Å². The molecule has 2 amide bonds. The molecule has 82 valence electrons. The zero-order valence-electron chi connectivity index (χ0n) is 8.54. The van der Waals surface area contributed by atoms with E-state index in [9.17, 15) is 9.59 Å². The van der Waals surface area contributed by atoms with E-state index < -0.39 is 0 Å². The summed E-state index contributed by atoms with van der Waals surface area (Å²) in [4.78, 5) is 25.1. The highest BCUT2D eigenvalue weighted by atomic mass is 35.5. The van der Waals surface area contributed by atoms with E-state index >= 15 is 0 Å². The van der Waals surface area contributed by atoms with Crippen LogP contribution < -0.4 is 0 Å². The van der Waals surface area contributed by atoms with Crippen molar-refractivity contribution in [3.63, 3.8) is 0 Å². The van der Waals surface area contributed by atoms with Gasteiger partial charge in [0.25, 0.3) is 0 Å². The Kier molecular flexibility index (Phi) is 2.83. The standard InChI is InChI=1S/C11H14ClNO2/c1-7(5-12)6-13-10(14)8-3-2-4-9(8)11(13)15/h8-9H,1-6H2. The zero-order chi connectivity index (χ0) is 11.0. The van der Waals surface area contributed by atoms with Gasteiger partial charge in [-0.05, 0) is 18.4 Å². The van der Waals surface area contributed by atoms with Gasteiger partial charge in [0, 0.05) is 5.88 Å². The Hall–Kier alpha value is -0.830. The Morgan fingerprint density at radius 2 is 1.87 bits per heavy atom. The Bertz CT molecular complexity index is 305. The van der Waals surface area contributed by atoms with E-state index in [1.165, 1.54) is 4.90 Å². The van der Waals surface area contributed by atoms with Crippen molar-refractivity contribution in [3.8, 4) is 0 Å². The molecule has 15 heavy (non-hydrogen) atoms. The maximum Gasteiger partial charge on any atom is 0.233 e. The van der Waals surface area contributed by atoms with Crippen LogP contribution >= 0.6 is 11.6 Å². The van der Waals surface area contributed by atoms with Crippen molar-refractivity contribution in [3.05, 3.63) is 12.2 Å². The Morgan fingerprint density at radius 3 is 2.33 bits per heavy atom. The number of nitrogens with zero attached hydrogens (tertiary/aromatic N) is 1. The number of imide groups is 1. The fraction of sp³-hybridized carbons (Fsp3) is 0.636. The van der Waals surface area contributed by atoms with Crippen molar-refractivity contribution in [1.29, 1.82) is 0 Å². The fourth-order valence-electron chi connectivity index (χ4n) is 2.48. The highest BCUT2D eigenvalue weighted by molar-refractivity contribution is 6.19. The first-order chi connectivity index (χ1) is 7.15. The number of carbonyl (C=O) groups is 2. The van der Waals surface area contributed by atoms with Gasteiger partial charge in [0.1, 0.15) is 0 Å². The minimum atomic E-state index is -0.0550. The summed E-state index contributed by atoms with van der Waals surface area (Å²) in [7, 11) is 0. The smallest absolute Gasteiger partial charge is 0.233 e. The summed E-state index contributed by atoms with van der Waals surface area (Å²) in [6.07, 6.45) is 2.72. The summed E-state index contributed by atoms with van der Waals surface area (Å²) in [6.45, 7) is 4.02. The SMILES string of the molecule is C=C(CCl)CN1C(=O)C2CCCC2C1=O. The van der Waals surface area contributed by atoms with E-state index in [0.29, 0.717) is 12.4 Å². The molecule has 2 unspecified atom stereocenters. The van der Waals surface area contributed by atoms with E-state index in [1.54, 1.807) is 0 Å². The molecular formula is C11H14ClNO2. The number of hydrogen-bond donors (Lipinski definition) is 0. The van der Waals surface area contributed by atoms with Crippen molar-refractivity contribution in [2.24, 2.45) is 11.8 Å². The Balaban J connectivity index is 2.11. The molecule has 0 bridgehead atoms. The number of hydrogen-bond acceptors (Lipinski definition) is 2. The molecule has 0 aromatic carbocycles. The molecule has 4 heteroatoms. The molecule has 1 aliphatic heterocycles. The summed E-state index contributed by atoms with van der Waals surface area (Å²) >= 11 is 5.60. The van der Waals surface area contributed by atoms with Crippen LogP contribution in [0, 0.1) is 11.8 Å². The number of likely N-dealkylation sites (tertiary alicyclic amines) is 1. The van der Waals surface area contributed by atoms with Crippen LogP contribution in [0.25, 0.3) is 0 Å². The molecule has 3 nitrogen and oxygen atoms in total. The summed E-state index contributed by atoms with van der Waals surface area (Å²) in [5, 5.41) is 0. The van der Waals surface area contributed by atoms with Crippen LogP contribution in [0.3, 0.4) is 0 Å². The minimum absolute atomic E-state index is 0.0197. The first kappa shape index (κ1) is 10.7. The lowest BCUT2D eigenvalue weighted by Crippen LogP contribution is -2.33.